The van der Waals surface area contributed by atoms with Crippen LogP contribution in [0.1, 0.15) is 15.9 Å². The molecule has 0 aliphatic heterocycles. The minimum atomic E-state index is -4.63. The molecule has 0 bridgehead atoms. The van der Waals surface area contributed by atoms with Gasteiger partial charge in [0.05, 0.1) is 16.8 Å². The molecule has 1 heterocycles. The number of carbonyl (C=O) groups excluding carboxylic acids is 1. The largest absolute Gasteiger partial charge is 0.418 e. The van der Waals surface area contributed by atoms with Crippen molar-refractivity contribution in [1.29, 1.82) is 0 Å². The van der Waals surface area contributed by atoms with Gasteiger partial charge in [0.15, 0.2) is 0 Å². The van der Waals surface area contributed by atoms with Gasteiger partial charge in [-0.3, -0.25) is 4.79 Å². The van der Waals surface area contributed by atoms with Gasteiger partial charge >= 0.3 is 6.18 Å². The van der Waals surface area contributed by atoms with Crippen LogP contribution < -0.4 is 10.6 Å². The van der Waals surface area contributed by atoms with Crippen molar-refractivity contribution in [2.45, 2.75) is 6.18 Å². The molecule has 0 fully saturated rings. The Morgan fingerprint density at radius 1 is 1.23 bits per heavy atom. The van der Waals surface area contributed by atoms with E-state index in [1.807, 2.05) is 19.0 Å². The fraction of sp³-hybridized carbons (Fsp3) is 0.294. The van der Waals surface area contributed by atoms with Crippen molar-refractivity contribution in [1.82, 2.24) is 9.88 Å². The average molecular weight is 387 g/mol. The van der Waals surface area contributed by atoms with E-state index in [0.717, 1.165) is 18.7 Å². The van der Waals surface area contributed by atoms with Crippen molar-refractivity contribution < 1.29 is 18.0 Å². The smallest absolute Gasteiger partial charge is 0.369 e. The molecule has 26 heavy (non-hydrogen) atoms. The SMILES string of the molecule is CN(C)CCNc1ccc(C(=O)Nc2ccc(Cl)cc2C(F)(F)F)cn1. The summed E-state index contributed by atoms with van der Waals surface area (Å²) in [5.74, 6) is -0.115. The Morgan fingerprint density at radius 3 is 2.54 bits per heavy atom. The molecule has 1 amide bonds. The van der Waals surface area contributed by atoms with Gasteiger partial charge in [0, 0.05) is 24.3 Å². The van der Waals surface area contributed by atoms with Crippen LogP contribution in [0.5, 0.6) is 0 Å². The number of alkyl halides is 3. The number of halogens is 4. The highest BCUT2D eigenvalue weighted by molar-refractivity contribution is 6.30. The molecule has 0 aliphatic carbocycles. The standard InChI is InChI=1S/C17H18ClF3N4O/c1-25(2)8-7-22-15-6-3-11(10-23-15)16(26)24-14-5-4-12(18)9-13(14)17(19,20)21/h3-6,9-10H,7-8H2,1-2H3,(H,22,23)(H,24,26). The summed E-state index contributed by atoms with van der Waals surface area (Å²) in [6.07, 6.45) is -3.33. The van der Waals surface area contributed by atoms with E-state index in [-0.39, 0.29) is 16.3 Å². The van der Waals surface area contributed by atoms with E-state index in [0.29, 0.717) is 12.4 Å². The van der Waals surface area contributed by atoms with Gasteiger partial charge in [-0.05, 0) is 44.4 Å². The topological polar surface area (TPSA) is 57.3 Å². The molecule has 0 saturated heterocycles. The maximum atomic E-state index is 13.1. The van der Waals surface area contributed by atoms with Gasteiger partial charge in [-0.15, -0.1) is 0 Å². The number of amides is 1. The van der Waals surface area contributed by atoms with Gasteiger partial charge in [-0.1, -0.05) is 11.6 Å². The Bertz CT molecular complexity index is 764. The Morgan fingerprint density at radius 2 is 1.96 bits per heavy atom. The van der Waals surface area contributed by atoms with Crippen LogP contribution in [0, 0.1) is 0 Å². The Labute approximate surface area is 154 Å². The number of likely N-dealkylation sites (N-methyl/N-ethyl adjacent to an activating group) is 1. The van der Waals surface area contributed by atoms with E-state index in [1.54, 1.807) is 6.07 Å². The summed E-state index contributed by atoms with van der Waals surface area (Å²) < 4.78 is 39.2. The molecule has 0 saturated carbocycles. The number of nitrogens with one attached hydrogen (secondary N) is 2. The lowest BCUT2D eigenvalue weighted by atomic mass is 10.1. The first-order chi connectivity index (χ1) is 12.2. The van der Waals surface area contributed by atoms with E-state index < -0.39 is 17.6 Å². The van der Waals surface area contributed by atoms with Crippen LogP contribution in [-0.4, -0.2) is 43.0 Å². The lowest BCUT2D eigenvalue weighted by Gasteiger charge is -2.14. The van der Waals surface area contributed by atoms with E-state index in [9.17, 15) is 18.0 Å². The van der Waals surface area contributed by atoms with Crippen molar-refractivity contribution in [3.63, 3.8) is 0 Å². The van der Waals surface area contributed by atoms with Crippen molar-refractivity contribution in [3.8, 4) is 0 Å². The third-order valence-electron chi connectivity index (χ3n) is 3.43. The summed E-state index contributed by atoms with van der Waals surface area (Å²) in [5, 5.41) is 5.27. The van der Waals surface area contributed by atoms with Crippen molar-refractivity contribution in [3.05, 3.63) is 52.7 Å². The summed E-state index contributed by atoms with van der Waals surface area (Å²) in [5.41, 5.74) is -1.22. The lowest BCUT2D eigenvalue weighted by molar-refractivity contribution is -0.136. The molecular formula is C17H18ClF3N4O. The highest BCUT2D eigenvalue weighted by Crippen LogP contribution is 2.36. The number of hydrogen-bond acceptors (Lipinski definition) is 4. The third kappa shape index (κ3) is 5.60. The zero-order valence-corrected chi connectivity index (χ0v) is 14.9. The highest BCUT2D eigenvalue weighted by Gasteiger charge is 2.34. The highest BCUT2D eigenvalue weighted by atomic mass is 35.5. The van der Waals surface area contributed by atoms with Crippen LogP contribution in [0.25, 0.3) is 0 Å². The predicted octanol–water partition coefficient (Wildman–Crippen LogP) is 3.98. The van der Waals surface area contributed by atoms with Crippen molar-refractivity contribution >= 4 is 29.0 Å². The molecule has 2 rings (SSSR count). The molecular weight excluding hydrogens is 369 g/mol. The van der Waals surface area contributed by atoms with E-state index >= 15 is 0 Å². The molecule has 2 N–H and O–H groups in total. The second-order valence-electron chi connectivity index (χ2n) is 5.80. The average Bonchev–Trinajstić information content (AvgIpc) is 2.56. The van der Waals surface area contributed by atoms with Crippen LogP contribution in [0.15, 0.2) is 36.5 Å². The van der Waals surface area contributed by atoms with E-state index in [2.05, 4.69) is 15.6 Å². The molecule has 1 aromatic heterocycles. The zero-order chi connectivity index (χ0) is 19.3. The fourth-order valence-corrected chi connectivity index (χ4v) is 2.27. The number of aromatic nitrogens is 1. The normalized spacial score (nSPS) is 11.5. The molecule has 9 heteroatoms. The second-order valence-corrected chi connectivity index (χ2v) is 6.24. The number of carbonyl (C=O) groups is 1. The maximum Gasteiger partial charge on any atom is 0.418 e. The van der Waals surface area contributed by atoms with Crippen LogP contribution in [-0.2, 0) is 6.18 Å². The van der Waals surface area contributed by atoms with Gasteiger partial charge in [-0.25, -0.2) is 4.98 Å². The second kappa shape index (κ2) is 8.37. The van der Waals surface area contributed by atoms with Gasteiger partial charge in [-0.2, -0.15) is 13.2 Å². The Hall–Kier alpha value is -2.32. The Kier molecular flexibility index (Phi) is 6.44. The number of pyridine rings is 1. The molecule has 5 nitrogen and oxygen atoms in total. The number of hydrogen-bond donors (Lipinski definition) is 2. The van der Waals surface area contributed by atoms with Crippen LogP contribution in [0.3, 0.4) is 0 Å². The zero-order valence-electron chi connectivity index (χ0n) is 14.2. The van der Waals surface area contributed by atoms with Crippen LogP contribution in [0.2, 0.25) is 5.02 Å². The van der Waals surface area contributed by atoms with Gasteiger partial charge in [0.25, 0.3) is 5.91 Å². The molecule has 140 valence electrons. The molecule has 0 radical (unpaired) electrons. The molecule has 0 atom stereocenters. The molecule has 0 aliphatic rings. The molecule has 2 aromatic rings. The minimum Gasteiger partial charge on any atom is -0.369 e. The summed E-state index contributed by atoms with van der Waals surface area (Å²) in [6.45, 7) is 1.48. The van der Waals surface area contributed by atoms with E-state index in [4.69, 9.17) is 11.6 Å². The number of benzene rings is 1. The summed E-state index contributed by atoms with van der Waals surface area (Å²) in [7, 11) is 3.88. The fourth-order valence-electron chi connectivity index (χ4n) is 2.09. The van der Waals surface area contributed by atoms with E-state index in [1.165, 1.54) is 18.3 Å². The molecule has 1 aromatic carbocycles. The summed E-state index contributed by atoms with van der Waals surface area (Å²) in [6, 6.07) is 6.25. The monoisotopic (exact) mass is 386 g/mol. The molecule has 0 spiro atoms. The summed E-state index contributed by atoms with van der Waals surface area (Å²) in [4.78, 5) is 18.3. The van der Waals surface area contributed by atoms with Crippen LogP contribution >= 0.6 is 11.6 Å². The van der Waals surface area contributed by atoms with Crippen molar-refractivity contribution in [2.24, 2.45) is 0 Å². The summed E-state index contributed by atoms with van der Waals surface area (Å²) >= 11 is 5.62. The first-order valence-electron chi connectivity index (χ1n) is 7.69. The molecule has 0 unspecified atom stereocenters. The van der Waals surface area contributed by atoms with Crippen LogP contribution in [0.4, 0.5) is 24.7 Å². The number of nitrogens with zero attached hydrogens (tertiary/aromatic N) is 2. The first-order valence-corrected chi connectivity index (χ1v) is 8.07. The number of anilines is 2. The lowest BCUT2D eigenvalue weighted by Crippen LogP contribution is -2.21. The number of rotatable bonds is 6. The van der Waals surface area contributed by atoms with Gasteiger partial charge in [0.2, 0.25) is 0 Å². The minimum absolute atomic E-state index is 0.0647. The van der Waals surface area contributed by atoms with Gasteiger partial charge < -0.3 is 15.5 Å². The Balaban J connectivity index is 2.09. The quantitative estimate of drug-likeness (QED) is 0.788. The third-order valence-corrected chi connectivity index (χ3v) is 3.66. The first kappa shape index (κ1) is 20.0. The van der Waals surface area contributed by atoms with Gasteiger partial charge in [0.1, 0.15) is 5.82 Å². The maximum absolute atomic E-state index is 13.1. The predicted molar refractivity (Wildman–Crippen MR) is 95.7 cm³/mol. The van der Waals surface area contributed by atoms with Crippen molar-refractivity contribution in [2.75, 3.05) is 37.8 Å².